The van der Waals surface area contributed by atoms with Crippen LogP contribution in [0, 0.1) is 5.41 Å². The highest BCUT2D eigenvalue weighted by atomic mass is 16.5. The average Bonchev–Trinajstić information content (AvgIpc) is 3.08. The topological polar surface area (TPSA) is 42.4 Å². The Labute approximate surface area is 148 Å². The third-order valence-electron chi connectivity index (χ3n) is 5.59. The van der Waals surface area contributed by atoms with Crippen molar-refractivity contribution >= 4 is 5.91 Å². The van der Waals surface area contributed by atoms with Crippen molar-refractivity contribution in [1.29, 1.82) is 0 Å². The van der Waals surface area contributed by atoms with Gasteiger partial charge < -0.3 is 9.64 Å². The number of aromatic nitrogens is 1. The highest BCUT2D eigenvalue weighted by molar-refractivity contribution is 5.79. The van der Waals surface area contributed by atoms with Gasteiger partial charge in [-0.15, -0.1) is 0 Å². The number of rotatable bonds is 5. The van der Waals surface area contributed by atoms with E-state index in [0.29, 0.717) is 18.4 Å². The lowest BCUT2D eigenvalue weighted by Gasteiger charge is -2.38. The molecule has 2 fully saturated rings. The number of hydrogen-bond donors (Lipinski definition) is 0. The largest absolute Gasteiger partial charge is 0.489 e. The Morgan fingerprint density at radius 3 is 2.76 bits per heavy atom. The first kappa shape index (κ1) is 16.1. The van der Waals surface area contributed by atoms with Crippen LogP contribution in [0.15, 0.2) is 48.8 Å². The minimum absolute atomic E-state index is 0.244. The second-order valence-electron chi connectivity index (χ2n) is 7.39. The van der Waals surface area contributed by atoms with Crippen molar-refractivity contribution in [2.24, 2.45) is 5.41 Å². The molecule has 1 spiro atoms. The normalized spacial score (nSPS) is 18.2. The summed E-state index contributed by atoms with van der Waals surface area (Å²) in [4.78, 5) is 18.8. The van der Waals surface area contributed by atoms with Gasteiger partial charge in [0.25, 0.3) is 0 Å². The Balaban J connectivity index is 1.34. The molecule has 2 aromatic rings. The molecular formula is C21H24N2O2. The number of ether oxygens (including phenoxy) is 1. The molecule has 1 saturated heterocycles. The molecule has 0 atom stereocenters. The smallest absolute Gasteiger partial charge is 0.227 e. The van der Waals surface area contributed by atoms with Crippen molar-refractivity contribution < 1.29 is 9.53 Å². The first-order chi connectivity index (χ1) is 12.2. The van der Waals surface area contributed by atoms with Crippen LogP contribution in [-0.4, -0.2) is 28.9 Å². The monoisotopic (exact) mass is 336 g/mol. The Kier molecular flexibility index (Phi) is 4.43. The summed E-state index contributed by atoms with van der Waals surface area (Å²) in [5, 5.41) is 0. The van der Waals surface area contributed by atoms with Gasteiger partial charge >= 0.3 is 0 Å². The summed E-state index contributed by atoms with van der Waals surface area (Å²) >= 11 is 0. The van der Waals surface area contributed by atoms with Crippen LogP contribution in [0.1, 0.15) is 36.8 Å². The summed E-state index contributed by atoms with van der Waals surface area (Å²) in [6.07, 6.45) is 9.13. The zero-order valence-corrected chi connectivity index (χ0v) is 14.5. The highest BCUT2D eigenvalue weighted by Crippen LogP contribution is 2.47. The minimum atomic E-state index is 0.244. The molecule has 1 aromatic carbocycles. The predicted molar refractivity (Wildman–Crippen MR) is 96.2 cm³/mol. The number of nitrogens with zero attached hydrogens (tertiary/aromatic N) is 2. The molecule has 1 aliphatic carbocycles. The van der Waals surface area contributed by atoms with Crippen molar-refractivity contribution in [1.82, 2.24) is 9.88 Å². The molecule has 4 heteroatoms. The number of benzene rings is 1. The maximum atomic E-state index is 12.6. The third-order valence-corrected chi connectivity index (χ3v) is 5.59. The average molecular weight is 336 g/mol. The highest BCUT2D eigenvalue weighted by Gasteiger charge is 2.43. The summed E-state index contributed by atoms with van der Waals surface area (Å²) in [6.45, 7) is 2.37. The molecule has 1 saturated carbocycles. The Morgan fingerprint density at radius 1 is 1.16 bits per heavy atom. The number of pyridine rings is 1. The van der Waals surface area contributed by atoms with Gasteiger partial charge in [-0.2, -0.15) is 0 Å². The summed E-state index contributed by atoms with van der Waals surface area (Å²) in [5.74, 6) is 1.04. The maximum Gasteiger partial charge on any atom is 0.227 e. The molecule has 2 heterocycles. The van der Waals surface area contributed by atoms with E-state index in [4.69, 9.17) is 4.74 Å². The molecule has 130 valence electrons. The first-order valence-corrected chi connectivity index (χ1v) is 9.11. The van der Waals surface area contributed by atoms with Gasteiger partial charge in [0.1, 0.15) is 12.4 Å². The lowest BCUT2D eigenvalue weighted by molar-refractivity contribution is -0.130. The molecule has 0 unspecified atom stereocenters. The van der Waals surface area contributed by atoms with E-state index in [1.165, 1.54) is 25.7 Å². The molecule has 1 amide bonds. The Morgan fingerprint density at radius 2 is 2.04 bits per heavy atom. The maximum absolute atomic E-state index is 12.6. The SMILES string of the molecule is O=C(Cc1cccc(OCc2cccnc2)c1)N1CCC2(CCC2)C1. The molecule has 4 nitrogen and oxygen atoms in total. The van der Waals surface area contributed by atoms with E-state index in [0.717, 1.165) is 30.0 Å². The molecule has 2 aliphatic rings. The fourth-order valence-corrected chi connectivity index (χ4v) is 3.91. The molecule has 1 aliphatic heterocycles. The van der Waals surface area contributed by atoms with E-state index < -0.39 is 0 Å². The van der Waals surface area contributed by atoms with Gasteiger partial charge in [-0.25, -0.2) is 0 Å². The van der Waals surface area contributed by atoms with Crippen LogP contribution in [0.3, 0.4) is 0 Å². The van der Waals surface area contributed by atoms with Crippen LogP contribution in [-0.2, 0) is 17.8 Å². The summed E-state index contributed by atoms with van der Waals surface area (Å²) < 4.78 is 5.83. The quantitative estimate of drug-likeness (QED) is 0.838. The van der Waals surface area contributed by atoms with Gasteiger partial charge in [0, 0.05) is 31.0 Å². The van der Waals surface area contributed by atoms with Gasteiger partial charge in [-0.3, -0.25) is 9.78 Å². The predicted octanol–water partition coefficient (Wildman–Crippen LogP) is 3.61. The number of amides is 1. The van der Waals surface area contributed by atoms with Gasteiger partial charge in [0.05, 0.1) is 6.42 Å². The molecule has 0 radical (unpaired) electrons. The minimum Gasteiger partial charge on any atom is -0.489 e. The molecule has 25 heavy (non-hydrogen) atoms. The van der Waals surface area contributed by atoms with Crippen LogP contribution in [0.25, 0.3) is 0 Å². The lowest BCUT2D eigenvalue weighted by Crippen LogP contribution is -2.36. The van der Waals surface area contributed by atoms with Gasteiger partial charge in [-0.05, 0) is 48.4 Å². The summed E-state index contributed by atoms with van der Waals surface area (Å²) in [5.41, 5.74) is 2.51. The van der Waals surface area contributed by atoms with Crippen molar-refractivity contribution in [2.45, 2.75) is 38.7 Å². The molecule has 4 rings (SSSR count). The van der Waals surface area contributed by atoms with E-state index in [2.05, 4.69) is 9.88 Å². The molecule has 1 aromatic heterocycles. The fourth-order valence-electron chi connectivity index (χ4n) is 3.91. The zero-order chi connectivity index (χ0) is 17.1. The van der Waals surface area contributed by atoms with Crippen molar-refractivity contribution in [3.8, 4) is 5.75 Å². The summed E-state index contributed by atoms with van der Waals surface area (Å²) in [7, 11) is 0. The van der Waals surface area contributed by atoms with Crippen molar-refractivity contribution in [2.75, 3.05) is 13.1 Å². The van der Waals surface area contributed by atoms with E-state index in [1.54, 1.807) is 12.4 Å². The molecular weight excluding hydrogens is 312 g/mol. The van der Waals surface area contributed by atoms with Crippen molar-refractivity contribution in [3.63, 3.8) is 0 Å². The third kappa shape index (κ3) is 3.68. The second kappa shape index (κ2) is 6.87. The van der Waals surface area contributed by atoms with E-state index in [1.807, 2.05) is 36.4 Å². The lowest BCUT2D eigenvalue weighted by atomic mass is 9.68. The first-order valence-electron chi connectivity index (χ1n) is 9.11. The van der Waals surface area contributed by atoms with E-state index >= 15 is 0 Å². The number of likely N-dealkylation sites (tertiary alicyclic amines) is 1. The van der Waals surface area contributed by atoms with Crippen molar-refractivity contribution in [3.05, 3.63) is 59.9 Å². The van der Waals surface area contributed by atoms with Gasteiger partial charge in [0.2, 0.25) is 5.91 Å². The van der Waals surface area contributed by atoms with Crippen LogP contribution in [0.2, 0.25) is 0 Å². The molecule has 0 N–H and O–H groups in total. The standard InChI is InChI=1S/C21H24N2O2/c24-20(23-11-9-21(16-23)7-3-8-21)13-17-4-1-6-19(12-17)25-15-18-5-2-10-22-14-18/h1-2,4-6,10,12,14H,3,7-9,11,13,15-16H2. The fraction of sp³-hybridized carbons (Fsp3) is 0.429. The van der Waals surface area contributed by atoms with Gasteiger partial charge in [0.15, 0.2) is 0 Å². The van der Waals surface area contributed by atoms with E-state index in [-0.39, 0.29) is 5.91 Å². The molecule has 0 bridgehead atoms. The van der Waals surface area contributed by atoms with Crippen LogP contribution in [0.5, 0.6) is 5.75 Å². The second-order valence-corrected chi connectivity index (χ2v) is 7.39. The van der Waals surface area contributed by atoms with Gasteiger partial charge in [-0.1, -0.05) is 24.6 Å². The van der Waals surface area contributed by atoms with E-state index in [9.17, 15) is 4.79 Å². The summed E-state index contributed by atoms with van der Waals surface area (Å²) in [6, 6.07) is 11.8. The van der Waals surface area contributed by atoms with Crippen LogP contribution in [0.4, 0.5) is 0 Å². The Bertz CT molecular complexity index is 741. The van der Waals surface area contributed by atoms with Crippen LogP contribution < -0.4 is 4.74 Å². The number of carbonyl (C=O) groups is 1. The number of carbonyl (C=O) groups excluding carboxylic acids is 1. The Hall–Kier alpha value is -2.36. The van der Waals surface area contributed by atoms with Crippen LogP contribution >= 0.6 is 0 Å². The number of hydrogen-bond acceptors (Lipinski definition) is 3. The zero-order valence-electron chi connectivity index (χ0n) is 14.5.